The van der Waals surface area contributed by atoms with Crippen molar-refractivity contribution in [3.05, 3.63) is 70.8 Å². The van der Waals surface area contributed by atoms with Crippen LogP contribution in [0.25, 0.3) is 0 Å². The summed E-state index contributed by atoms with van der Waals surface area (Å²) in [5, 5.41) is 11.6. The third-order valence-electron chi connectivity index (χ3n) is 3.18. The molecule has 0 aliphatic carbocycles. The van der Waals surface area contributed by atoms with Gasteiger partial charge in [0.2, 0.25) is 5.91 Å². The molecule has 0 spiro atoms. The van der Waals surface area contributed by atoms with E-state index in [1.165, 1.54) is 12.1 Å². The molecule has 2 N–H and O–H groups in total. The van der Waals surface area contributed by atoms with Crippen LogP contribution in [-0.2, 0) is 17.8 Å². The van der Waals surface area contributed by atoms with E-state index in [1.54, 1.807) is 12.1 Å². The number of hydrogen-bond donors (Lipinski definition) is 2. The first kappa shape index (κ1) is 14.8. The van der Waals surface area contributed by atoms with Gasteiger partial charge in [-0.2, -0.15) is 0 Å². The monoisotopic (exact) mass is 283 g/mol. The van der Waals surface area contributed by atoms with Gasteiger partial charge < -0.3 is 10.4 Å². The van der Waals surface area contributed by atoms with E-state index in [-0.39, 0.29) is 11.5 Å². The number of rotatable bonds is 5. The Hall–Kier alpha value is -2.62. The molecule has 0 atom stereocenters. The largest absolute Gasteiger partial charge is 0.478 e. The molecule has 1 amide bonds. The van der Waals surface area contributed by atoms with Crippen molar-refractivity contribution in [2.75, 3.05) is 0 Å². The first-order valence-electron chi connectivity index (χ1n) is 6.69. The summed E-state index contributed by atoms with van der Waals surface area (Å²) in [7, 11) is 0. The Morgan fingerprint density at radius 2 is 1.52 bits per heavy atom. The second-order valence-corrected chi connectivity index (χ2v) is 4.94. The highest BCUT2D eigenvalue weighted by Crippen LogP contribution is 2.06. The molecule has 0 heterocycles. The maximum atomic E-state index is 11.8. The zero-order valence-corrected chi connectivity index (χ0v) is 11.8. The van der Waals surface area contributed by atoms with Gasteiger partial charge in [-0.15, -0.1) is 0 Å². The van der Waals surface area contributed by atoms with E-state index < -0.39 is 5.97 Å². The van der Waals surface area contributed by atoms with Crippen LogP contribution in [0.3, 0.4) is 0 Å². The Labute approximate surface area is 123 Å². The Kier molecular flexibility index (Phi) is 4.72. The first-order valence-corrected chi connectivity index (χ1v) is 6.69. The molecule has 0 radical (unpaired) electrons. The molecular weight excluding hydrogens is 266 g/mol. The molecule has 2 aromatic carbocycles. The predicted octanol–water partition coefficient (Wildman–Crippen LogP) is 2.55. The Morgan fingerprint density at radius 1 is 0.952 bits per heavy atom. The van der Waals surface area contributed by atoms with Crippen LogP contribution in [0.2, 0.25) is 0 Å². The van der Waals surface area contributed by atoms with Gasteiger partial charge >= 0.3 is 5.97 Å². The summed E-state index contributed by atoms with van der Waals surface area (Å²) in [6.07, 6.45) is 0.341. The number of aromatic carboxylic acids is 1. The molecule has 0 aliphatic rings. The molecule has 0 saturated carbocycles. The summed E-state index contributed by atoms with van der Waals surface area (Å²) in [5.41, 5.74) is 3.25. The van der Waals surface area contributed by atoms with E-state index in [0.29, 0.717) is 13.0 Å². The normalized spacial score (nSPS) is 10.1. The lowest BCUT2D eigenvalue weighted by Gasteiger charge is -2.06. The summed E-state index contributed by atoms with van der Waals surface area (Å²) < 4.78 is 0. The zero-order valence-electron chi connectivity index (χ0n) is 11.8. The van der Waals surface area contributed by atoms with E-state index >= 15 is 0 Å². The minimum Gasteiger partial charge on any atom is -0.478 e. The van der Waals surface area contributed by atoms with E-state index in [1.807, 2.05) is 31.2 Å². The highest BCUT2D eigenvalue weighted by molar-refractivity contribution is 5.87. The van der Waals surface area contributed by atoms with Gasteiger partial charge in [-0.25, -0.2) is 4.79 Å². The van der Waals surface area contributed by atoms with Crippen molar-refractivity contribution in [2.24, 2.45) is 0 Å². The third-order valence-corrected chi connectivity index (χ3v) is 3.18. The van der Waals surface area contributed by atoms with Crippen LogP contribution in [0.1, 0.15) is 27.0 Å². The lowest BCUT2D eigenvalue weighted by Crippen LogP contribution is -2.24. The van der Waals surface area contributed by atoms with Gasteiger partial charge in [0.1, 0.15) is 0 Å². The van der Waals surface area contributed by atoms with Crippen LogP contribution in [0, 0.1) is 6.92 Å². The predicted molar refractivity (Wildman–Crippen MR) is 80.1 cm³/mol. The lowest BCUT2D eigenvalue weighted by atomic mass is 10.1. The van der Waals surface area contributed by atoms with E-state index in [9.17, 15) is 9.59 Å². The molecule has 0 aromatic heterocycles. The third kappa shape index (κ3) is 4.45. The average Bonchev–Trinajstić information content (AvgIpc) is 2.48. The van der Waals surface area contributed by atoms with Crippen LogP contribution < -0.4 is 5.32 Å². The second-order valence-electron chi connectivity index (χ2n) is 4.94. The molecule has 0 saturated heterocycles. The molecule has 21 heavy (non-hydrogen) atoms. The molecule has 4 nitrogen and oxygen atoms in total. The van der Waals surface area contributed by atoms with Gasteiger partial charge in [0.15, 0.2) is 0 Å². The fraction of sp³-hybridized carbons (Fsp3) is 0.176. The van der Waals surface area contributed by atoms with Crippen LogP contribution in [0.15, 0.2) is 48.5 Å². The van der Waals surface area contributed by atoms with E-state index in [0.717, 1.165) is 16.7 Å². The van der Waals surface area contributed by atoms with Crippen molar-refractivity contribution in [1.29, 1.82) is 0 Å². The number of carboxylic acid groups (broad SMARTS) is 1. The van der Waals surface area contributed by atoms with Crippen molar-refractivity contribution < 1.29 is 14.7 Å². The van der Waals surface area contributed by atoms with Gasteiger partial charge in [0.05, 0.1) is 12.0 Å². The number of aryl methyl sites for hydroxylation is 1. The fourth-order valence-corrected chi connectivity index (χ4v) is 1.92. The summed E-state index contributed by atoms with van der Waals surface area (Å²) in [6.45, 7) is 2.40. The zero-order chi connectivity index (χ0) is 15.2. The topological polar surface area (TPSA) is 66.4 Å². The Balaban J connectivity index is 1.86. The van der Waals surface area contributed by atoms with Crippen molar-refractivity contribution in [3.63, 3.8) is 0 Å². The van der Waals surface area contributed by atoms with Crippen molar-refractivity contribution >= 4 is 11.9 Å². The minimum absolute atomic E-state index is 0.0545. The highest BCUT2D eigenvalue weighted by Gasteiger charge is 2.05. The van der Waals surface area contributed by atoms with Gasteiger partial charge in [-0.05, 0) is 30.2 Å². The van der Waals surface area contributed by atoms with E-state index in [2.05, 4.69) is 5.32 Å². The Bertz CT molecular complexity index is 630. The molecule has 0 bridgehead atoms. The molecule has 0 aliphatic heterocycles. The standard InChI is InChI=1S/C17H17NO3/c1-12-2-4-13(5-3-12)10-16(19)18-11-14-6-8-15(9-7-14)17(20)21/h2-9H,10-11H2,1H3,(H,18,19)(H,20,21). The number of benzene rings is 2. The van der Waals surface area contributed by atoms with Crippen LogP contribution in [-0.4, -0.2) is 17.0 Å². The SMILES string of the molecule is Cc1ccc(CC(=O)NCc2ccc(C(=O)O)cc2)cc1. The van der Waals surface area contributed by atoms with Crippen LogP contribution >= 0.6 is 0 Å². The van der Waals surface area contributed by atoms with Gasteiger partial charge in [-0.3, -0.25) is 4.79 Å². The van der Waals surface area contributed by atoms with Crippen molar-refractivity contribution in [2.45, 2.75) is 19.9 Å². The Morgan fingerprint density at radius 3 is 2.10 bits per heavy atom. The quantitative estimate of drug-likeness (QED) is 0.886. The molecular formula is C17H17NO3. The highest BCUT2D eigenvalue weighted by atomic mass is 16.4. The maximum absolute atomic E-state index is 11.8. The first-order chi connectivity index (χ1) is 10.0. The number of amides is 1. The van der Waals surface area contributed by atoms with Crippen molar-refractivity contribution in [1.82, 2.24) is 5.32 Å². The van der Waals surface area contributed by atoms with Crippen LogP contribution in [0.5, 0.6) is 0 Å². The molecule has 2 aromatic rings. The number of nitrogens with one attached hydrogen (secondary N) is 1. The summed E-state index contributed by atoms with van der Waals surface area (Å²) >= 11 is 0. The maximum Gasteiger partial charge on any atom is 0.335 e. The summed E-state index contributed by atoms with van der Waals surface area (Å²) in [4.78, 5) is 22.6. The molecule has 4 heteroatoms. The van der Waals surface area contributed by atoms with Gasteiger partial charge in [0.25, 0.3) is 0 Å². The van der Waals surface area contributed by atoms with Gasteiger partial charge in [0, 0.05) is 6.54 Å². The molecule has 108 valence electrons. The second kappa shape index (κ2) is 6.70. The number of hydrogen-bond acceptors (Lipinski definition) is 2. The van der Waals surface area contributed by atoms with Crippen molar-refractivity contribution in [3.8, 4) is 0 Å². The summed E-state index contributed by atoms with van der Waals surface area (Å²) in [5.74, 6) is -1.01. The number of carboxylic acids is 1. The lowest BCUT2D eigenvalue weighted by molar-refractivity contribution is -0.120. The number of carbonyl (C=O) groups is 2. The average molecular weight is 283 g/mol. The van der Waals surface area contributed by atoms with E-state index in [4.69, 9.17) is 5.11 Å². The minimum atomic E-state index is -0.954. The van der Waals surface area contributed by atoms with Crippen LogP contribution in [0.4, 0.5) is 0 Å². The smallest absolute Gasteiger partial charge is 0.335 e. The number of carbonyl (C=O) groups excluding carboxylic acids is 1. The fourth-order valence-electron chi connectivity index (χ4n) is 1.92. The molecule has 0 unspecified atom stereocenters. The molecule has 0 fully saturated rings. The summed E-state index contributed by atoms with van der Waals surface area (Å²) in [6, 6.07) is 14.3. The molecule has 2 rings (SSSR count). The van der Waals surface area contributed by atoms with Gasteiger partial charge in [-0.1, -0.05) is 42.0 Å².